The highest BCUT2D eigenvalue weighted by Gasteiger charge is 2.19. The lowest BCUT2D eigenvalue weighted by Crippen LogP contribution is -2.13. The van der Waals surface area contributed by atoms with Crippen LogP contribution in [-0.4, -0.2) is 42.2 Å². The number of hydrogen-bond donors (Lipinski definition) is 2. The molecule has 0 heterocycles. The van der Waals surface area contributed by atoms with Gasteiger partial charge in [0, 0.05) is 18.3 Å². The van der Waals surface area contributed by atoms with Crippen LogP contribution in [0.4, 0.5) is 20.2 Å². The Bertz CT molecular complexity index is 496. The first kappa shape index (κ1) is 15.8. The Labute approximate surface area is 112 Å². The zero-order valence-corrected chi connectivity index (χ0v) is 10.2. The number of halogens is 2. The van der Waals surface area contributed by atoms with Crippen molar-refractivity contribution in [2.24, 2.45) is 0 Å². The number of hydrogen-bond acceptors (Lipinski definition) is 5. The van der Waals surface area contributed by atoms with E-state index in [0.29, 0.717) is 5.69 Å². The number of nitrogens with one attached hydrogen (secondary N) is 1. The van der Waals surface area contributed by atoms with Crippen molar-refractivity contribution in [1.82, 2.24) is 0 Å². The summed E-state index contributed by atoms with van der Waals surface area (Å²) >= 11 is 0. The molecule has 110 valence electrons. The third kappa shape index (κ3) is 4.76. The molecule has 0 fully saturated rings. The molecule has 0 atom stereocenters. The van der Waals surface area contributed by atoms with Gasteiger partial charge in [0.25, 0.3) is 12.1 Å². The molecular weight excluding hydrogens is 278 g/mol. The number of carboxylic acid groups (broad SMARTS) is 1. The molecule has 0 unspecified atom stereocenters. The SMILES string of the molecule is O=C(O)c1cc(NCCOCC(F)F)ccc1[N+](=O)[O-]. The van der Waals surface area contributed by atoms with Crippen LogP contribution in [0.15, 0.2) is 18.2 Å². The Kier molecular flexibility index (Phi) is 5.78. The van der Waals surface area contributed by atoms with Gasteiger partial charge in [-0.25, -0.2) is 13.6 Å². The Hall–Kier alpha value is -2.29. The Morgan fingerprint density at radius 1 is 1.50 bits per heavy atom. The van der Waals surface area contributed by atoms with E-state index in [4.69, 9.17) is 5.11 Å². The standard InChI is InChI=1S/C11H12F2N2O5/c12-10(13)6-20-4-3-14-7-1-2-9(15(18)19)8(5-7)11(16)17/h1-2,5,10,14H,3-4,6H2,(H,16,17). The average molecular weight is 290 g/mol. The van der Waals surface area contributed by atoms with Crippen LogP contribution in [0.5, 0.6) is 0 Å². The van der Waals surface area contributed by atoms with Crippen molar-refractivity contribution in [3.05, 3.63) is 33.9 Å². The van der Waals surface area contributed by atoms with Gasteiger partial charge in [0.15, 0.2) is 0 Å². The van der Waals surface area contributed by atoms with E-state index in [1.54, 1.807) is 0 Å². The van der Waals surface area contributed by atoms with Crippen LogP contribution in [0.25, 0.3) is 0 Å². The second-order valence-corrected chi connectivity index (χ2v) is 3.69. The molecule has 0 amide bonds. The van der Waals surface area contributed by atoms with Crippen molar-refractivity contribution < 1.29 is 28.3 Å². The zero-order chi connectivity index (χ0) is 15.1. The highest BCUT2D eigenvalue weighted by molar-refractivity contribution is 5.93. The zero-order valence-electron chi connectivity index (χ0n) is 10.2. The molecule has 7 nitrogen and oxygen atoms in total. The number of anilines is 1. The van der Waals surface area contributed by atoms with Crippen LogP contribution in [0.1, 0.15) is 10.4 Å². The summed E-state index contributed by atoms with van der Waals surface area (Å²) in [4.78, 5) is 20.7. The quantitative estimate of drug-likeness (QED) is 0.431. The third-order valence-corrected chi connectivity index (χ3v) is 2.24. The van der Waals surface area contributed by atoms with Crippen molar-refractivity contribution in [2.45, 2.75) is 6.43 Å². The van der Waals surface area contributed by atoms with Gasteiger partial charge in [0.2, 0.25) is 0 Å². The van der Waals surface area contributed by atoms with Gasteiger partial charge in [-0.15, -0.1) is 0 Å². The number of ether oxygens (including phenoxy) is 1. The number of alkyl halides is 2. The second kappa shape index (κ2) is 7.34. The first-order valence-electron chi connectivity index (χ1n) is 5.53. The smallest absolute Gasteiger partial charge is 0.342 e. The summed E-state index contributed by atoms with van der Waals surface area (Å²) in [5.41, 5.74) is -0.640. The molecule has 9 heteroatoms. The number of rotatable bonds is 8. The van der Waals surface area contributed by atoms with Crippen LogP contribution in [0.2, 0.25) is 0 Å². The van der Waals surface area contributed by atoms with E-state index in [1.807, 2.05) is 0 Å². The van der Waals surface area contributed by atoms with Gasteiger partial charge in [0.05, 0.1) is 11.5 Å². The van der Waals surface area contributed by atoms with Gasteiger partial charge < -0.3 is 15.2 Å². The van der Waals surface area contributed by atoms with Crippen molar-refractivity contribution in [1.29, 1.82) is 0 Å². The number of nitro benzene ring substituents is 1. The number of aromatic carboxylic acids is 1. The summed E-state index contributed by atoms with van der Waals surface area (Å²) in [7, 11) is 0. The van der Waals surface area contributed by atoms with Gasteiger partial charge in [-0.2, -0.15) is 0 Å². The van der Waals surface area contributed by atoms with Crippen molar-refractivity contribution in [2.75, 3.05) is 25.1 Å². The molecule has 0 spiro atoms. The Morgan fingerprint density at radius 3 is 2.75 bits per heavy atom. The van der Waals surface area contributed by atoms with Gasteiger partial charge >= 0.3 is 5.97 Å². The largest absolute Gasteiger partial charge is 0.477 e. The average Bonchev–Trinajstić information content (AvgIpc) is 2.37. The third-order valence-electron chi connectivity index (χ3n) is 2.24. The van der Waals surface area contributed by atoms with Gasteiger partial charge in [-0.05, 0) is 12.1 Å². The Morgan fingerprint density at radius 2 is 2.20 bits per heavy atom. The fourth-order valence-electron chi connectivity index (χ4n) is 1.42. The topological polar surface area (TPSA) is 102 Å². The van der Waals surface area contributed by atoms with Crippen LogP contribution < -0.4 is 5.32 Å². The minimum atomic E-state index is -2.55. The fraction of sp³-hybridized carbons (Fsp3) is 0.364. The molecule has 1 aromatic carbocycles. The summed E-state index contributed by atoms with van der Waals surface area (Å²) in [5.74, 6) is -1.42. The van der Waals surface area contributed by atoms with Crippen LogP contribution in [0, 0.1) is 10.1 Å². The van der Waals surface area contributed by atoms with Gasteiger partial charge in [-0.1, -0.05) is 0 Å². The molecule has 0 aliphatic heterocycles. The molecule has 0 aliphatic rings. The maximum atomic E-state index is 11.8. The van der Waals surface area contributed by atoms with Crippen LogP contribution in [0.3, 0.4) is 0 Å². The minimum Gasteiger partial charge on any atom is -0.477 e. The predicted octanol–water partition coefficient (Wildman–Crippen LogP) is 1.99. The predicted molar refractivity (Wildman–Crippen MR) is 65.4 cm³/mol. The van der Waals surface area contributed by atoms with Crippen LogP contribution in [-0.2, 0) is 4.74 Å². The van der Waals surface area contributed by atoms with E-state index < -0.39 is 35.2 Å². The second-order valence-electron chi connectivity index (χ2n) is 3.69. The number of nitro groups is 1. The molecule has 2 N–H and O–H groups in total. The highest BCUT2D eigenvalue weighted by Crippen LogP contribution is 2.22. The lowest BCUT2D eigenvalue weighted by atomic mass is 10.1. The van der Waals surface area contributed by atoms with E-state index in [1.165, 1.54) is 6.07 Å². The van der Waals surface area contributed by atoms with E-state index in [9.17, 15) is 23.7 Å². The number of carbonyl (C=O) groups is 1. The highest BCUT2D eigenvalue weighted by atomic mass is 19.3. The van der Waals surface area contributed by atoms with Gasteiger partial charge in [0.1, 0.15) is 12.2 Å². The molecule has 1 aromatic rings. The van der Waals surface area contributed by atoms with Crippen LogP contribution >= 0.6 is 0 Å². The van der Waals surface area contributed by atoms with Gasteiger partial charge in [-0.3, -0.25) is 10.1 Å². The summed E-state index contributed by atoms with van der Waals surface area (Å²) in [5, 5.41) is 22.2. The normalized spacial score (nSPS) is 10.6. The number of benzene rings is 1. The van der Waals surface area contributed by atoms with E-state index >= 15 is 0 Å². The lowest BCUT2D eigenvalue weighted by Gasteiger charge is -2.08. The summed E-state index contributed by atoms with van der Waals surface area (Å²) in [6.45, 7) is -0.504. The van der Waals surface area contributed by atoms with Crippen molar-refractivity contribution in [3.8, 4) is 0 Å². The lowest BCUT2D eigenvalue weighted by molar-refractivity contribution is -0.385. The van der Waals surface area contributed by atoms with Crippen molar-refractivity contribution >= 4 is 17.3 Å². The fourth-order valence-corrected chi connectivity index (χ4v) is 1.42. The molecule has 20 heavy (non-hydrogen) atoms. The first-order chi connectivity index (χ1) is 9.41. The monoisotopic (exact) mass is 290 g/mol. The van der Waals surface area contributed by atoms with E-state index in [0.717, 1.165) is 12.1 Å². The molecule has 0 bridgehead atoms. The van der Waals surface area contributed by atoms with Crippen molar-refractivity contribution in [3.63, 3.8) is 0 Å². The maximum Gasteiger partial charge on any atom is 0.342 e. The first-order valence-corrected chi connectivity index (χ1v) is 5.53. The minimum absolute atomic E-state index is 0.00370. The number of nitrogens with zero attached hydrogens (tertiary/aromatic N) is 1. The Balaban J connectivity index is 2.61. The molecule has 0 saturated carbocycles. The van der Waals surface area contributed by atoms with E-state index in [2.05, 4.69) is 10.1 Å². The molecule has 0 saturated heterocycles. The van der Waals surface area contributed by atoms with E-state index in [-0.39, 0.29) is 13.2 Å². The summed E-state index contributed by atoms with van der Waals surface area (Å²) in [6.07, 6.45) is -2.55. The number of carboxylic acids is 1. The molecule has 0 radical (unpaired) electrons. The summed E-state index contributed by atoms with van der Waals surface area (Å²) in [6, 6.07) is 3.50. The summed E-state index contributed by atoms with van der Waals surface area (Å²) < 4.78 is 28.2. The molecule has 1 rings (SSSR count). The maximum absolute atomic E-state index is 11.8. The molecular formula is C11H12F2N2O5. The molecule has 0 aromatic heterocycles. The molecule has 0 aliphatic carbocycles.